The predicted octanol–water partition coefficient (Wildman–Crippen LogP) is 4.50. The van der Waals surface area contributed by atoms with Gasteiger partial charge in [-0.15, -0.1) is 0 Å². The highest BCUT2D eigenvalue weighted by Gasteiger charge is 2.35. The Labute approximate surface area is 228 Å². The minimum Gasteiger partial charge on any atom is -0.439 e. The van der Waals surface area contributed by atoms with Crippen molar-refractivity contribution in [3.63, 3.8) is 0 Å². The lowest BCUT2D eigenvalue weighted by molar-refractivity contribution is -0.136. The zero-order valence-corrected chi connectivity index (χ0v) is 22.6. The maximum Gasteiger partial charge on any atom is 0.229 e. The van der Waals surface area contributed by atoms with Gasteiger partial charge in [0.15, 0.2) is 5.78 Å². The summed E-state index contributed by atoms with van der Waals surface area (Å²) >= 11 is 0. The number of ketones is 1. The van der Waals surface area contributed by atoms with E-state index in [1.807, 2.05) is 36.0 Å². The van der Waals surface area contributed by atoms with Gasteiger partial charge in [-0.25, -0.2) is 19.3 Å². The molecule has 206 valence electrons. The number of halogens is 1. The zero-order chi connectivity index (χ0) is 27.8. The minimum atomic E-state index is -0.350. The zero-order valence-electron chi connectivity index (χ0n) is 22.6. The number of rotatable bonds is 13. The Bertz CT molecular complexity index is 1230. The van der Waals surface area contributed by atoms with Gasteiger partial charge in [0.2, 0.25) is 17.7 Å². The molecular weight excluding hydrogens is 499 g/mol. The number of aromatic nitrogens is 3. The number of ether oxygens (including phenoxy) is 1. The van der Waals surface area contributed by atoms with Gasteiger partial charge in [-0.2, -0.15) is 0 Å². The molecule has 9 nitrogen and oxygen atoms in total. The lowest BCUT2D eigenvalue weighted by Crippen LogP contribution is -2.55. The van der Waals surface area contributed by atoms with E-state index >= 15 is 0 Å². The van der Waals surface area contributed by atoms with Crippen LogP contribution >= 0.6 is 0 Å². The second-order valence-electron chi connectivity index (χ2n) is 9.64. The average Bonchev–Trinajstić information content (AvgIpc) is 2.91. The molecule has 10 heteroatoms. The molecule has 1 fully saturated rings. The van der Waals surface area contributed by atoms with Gasteiger partial charge in [0, 0.05) is 44.6 Å². The van der Waals surface area contributed by atoms with Crippen molar-refractivity contribution in [1.29, 1.82) is 0 Å². The molecule has 39 heavy (non-hydrogen) atoms. The molecule has 3 aromatic rings. The summed E-state index contributed by atoms with van der Waals surface area (Å²) in [6.45, 7) is 8.32. The van der Waals surface area contributed by atoms with Crippen LogP contribution in [0.2, 0.25) is 0 Å². The first-order valence-electron chi connectivity index (χ1n) is 13.4. The number of anilines is 2. The SMILES string of the molecule is CCN(CC)C(=O)C1CN(c2ncc(CCC[C@@H](Nc3ccc(Oc4ccc(F)cc4)nc3)C(C)=O)cn2)C1. The predicted molar refractivity (Wildman–Crippen MR) is 147 cm³/mol. The molecule has 0 spiro atoms. The molecule has 4 rings (SSSR count). The Morgan fingerprint density at radius 1 is 1.05 bits per heavy atom. The summed E-state index contributed by atoms with van der Waals surface area (Å²) in [6.07, 6.45) is 7.42. The molecule has 3 heterocycles. The first-order chi connectivity index (χ1) is 18.9. The van der Waals surface area contributed by atoms with E-state index in [-0.39, 0.29) is 29.5 Å². The number of hydrogen-bond acceptors (Lipinski definition) is 8. The van der Waals surface area contributed by atoms with Crippen LogP contribution in [0.15, 0.2) is 55.0 Å². The quantitative estimate of drug-likeness (QED) is 0.342. The van der Waals surface area contributed by atoms with E-state index in [1.165, 1.54) is 24.3 Å². The van der Waals surface area contributed by atoms with Crippen LogP contribution in [0.1, 0.15) is 39.2 Å². The Morgan fingerprint density at radius 3 is 2.33 bits per heavy atom. The Kier molecular flexibility index (Phi) is 9.40. The average molecular weight is 535 g/mol. The molecule has 0 bridgehead atoms. The molecule has 1 atom stereocenters. The van der Waals surface area contributed by atoms with Gasteiger partial charge < -0.3 is 19.9 Å². The molecule has 1 amide bonds. The number of carbonyl (C=O) groups is 2. The van der Waals surface area contributed by atoms with Crippen molar-refractivity contribution < 1.29 is 18.7 Å². The van der Waals surface area contributed by atoms with Gasteiger partial charge in [0.05, 0.1) is 23.8 Å². The van der Waals surface area contributed by atoms with Crippen LogP contribution in [0, 0.1) is 11.7 Å². The van der Waals surface area contributed by atoms with E-state index in [0.29, 0.717) is 42.8 Å². The molecule has 1 aliphatic rings. The Balaban J connectivity index is 1.22. The van der Waals surface area contributed by atoms with Crippen molar-refractivity contribution in [2.75, 3.05) is 36.4 Å². The fraction of sp³-hybridized carbons (Fsp3) is 0.414. The summed E-state index contributed by atoms with van der Waals surface area (Å²) in [5.74, 6) is 1.43. The van der Waals surface area contributed by atoms with Crippen LogP contribution in [-0.2, 0) is 16.0 Å². The standard InChI is InChI=1S/C29H35FN6O3/c1-4-35(5-2)28(38)22-18-36(19-22)29-32-15-21(16-33-29)7-6-8-26(20(3)37)34-24-11-14-27(31-17-24)39-25-12-9-23(30)10-13-25/h9-17,22,26,34H,4-8,18-19H2,1-3H3/t26-/m1/s1. The second kappa shape index (κ2) is 13.1. The topological polar surface area (TPSA) is 101 Å². The summed E-state index contributed by atoms with van der Waals surface area (Å²) in [6, 6.07) is 8.85. The number of hydrogen-bond donors (Lipinski definition) is 1. The third-order valence-electron chi connectivity index (χ3n) is 6.84. The largest absolute Gasteiger partial charge is 0.439 e. The Morgan fingerprint density at radius 2 is 1.74 bits per heavy atom. The summed E-state index contributed by atoms with van der Waals surface area (Å²) in [4.78, 5) is 41.8. The molecule has 0 aliphatic carbocycles. The number of nitrogens with zero attached hydrogens (tertiary/aromatic N) is 5. The van der Waals surface area contributed by atoms with E-state index in [1.54, 1.807) is 25.3 Å². The molecule has 1 N–H and O–H groups in total. The number of pyridine rings is 1. The molecule has 0 saturated carbocycles. The molecule has 0 unspecified atom stereocenters. The van der Waals surface area contributed by atoms with Crippen LogP contribution < -0.4 is 15.0 Å². The van der Waals surface area contributed by atoms with Gasteiger partial charge in [-0.05, 0) is 75.9 Å². The smallest absolute Gasteiger partial charge is 0.229 e. The second-order valence-corrected chi connectivity index (χ2v) is 9.64. The van der Waals surface area contributed by atoms with Gasteiger partial charge in [0.1, 0.15) is 11.6 Å². The lowest BCUT2D eigenvalue weighted by Gasteiger charge is -2.40. The van der Waals surface area contributed by atoms with Gasteiger partial charge in [-0.1, -0.05) is 0 Å². The van der Waals surface area contributed by atoms with E-state index in [9.17, 15) is 14.0 Å². The lowest BCUT2D eigenvalue weighted by atomic mass is 9.99. The number of nitrogens with one attached hydrogen (secondary N) is 1. The number of carbonyl (C=O) groups excluding carboxylic acids is 2. The highest BCUT2D eigenvalue weighted by atomic mass is 19.1. The summed E-state index contributed by atoms with van der Waals surface area (Å²) in [7, 11) is 0. The fourth-order valence-electron chi connectivity index (χ4n) is 4.47. The van der Waals surface area contributed by atoms with Gasteiger partial charge in [0.25, 0.3) is 0 Å². The first-order valence-corrected chi connectivity index (χ1v) is 13.4. The number of benzene rings is 1. The summed E-state index contributed by atoms with van der Waals surface area (Å²) in [5, 5.41) is 3.25. The maximum atomic E-state index is 13.1. The van der Waals surface area contributed by atoms with Gasteiger partial charge >= 0.3 is 0 Å². The maximum absolute atomic E-state index is 13.1. The summed E-state index contributed by atoms with van der Waals surface area (Å²) < 4.78 is 18.7. The highest BCUT2D eigenvalue weighted by Crippen LogP contribution is 2.24. The molecule has 1 saturated heterocycles. The van der Waals surface area contributed by atoms with E-state index in [4.69, 9.17) is 4.74 Å². The normalized spacial score (nSPS) is 13.9. The Hall–Kier alpha value is -4.08. The van der Waals surface area contributed by atoms with Crippen molar-refractivity contribution in [2.45, 2.75) is 46.1 Å². The minimum absolute atomic E-state index is 0.0120. The number of aryl methyl sites for hydroxylation is 1. The fourth-order valence-corrected chi connectivity index (χ4v) is 4.47. The highest BCUT2D eigenvalue weighted by molar-refractivity contribution is 5.84. The third kappa shape index (κ3) is 7.49. The molecule has 0 radical (unpaired) electrons. The molecule has 1 aliphatic heterocycles. The monoisotopic (exact) mass is 534 g/mol. The molecule has 1 aromatic carbocycles. The van der Waals surface area contributed by atoms with E-state index in [0.717, 1.165) is 31.5 Å². The number of amides is 1. The third-order valence-corrected chi connectivity index (χ3v) is 6.84. The van der Waals surface area contributed by atoms with E-state index < -0.39 is 0 Å². The molecule has 2 aromatic heterocycles. The van der Waals surface area contributed by atoms with Crippen molar-refractivity contribution >= 4 is 23.3 Å². The van der Waals surface area contributed by atoms with Gasteiger partial charge in [-0.3, -0.25) is 9.59 Å². The first kappa shape index (κ1) is 27.9. The van der Waals surface area contributed by atoms with Crippen molar-refractivity contribution in [3.8, 4) is 11.6 Å². The van der Waals surface area contributed by atoms with Crippen LogP contribution in [0.25, 0.3) is 0 Å². The molecular formula is C29H35FN6O3. The van der Waals surface area contributed by atoms with E-state index in [2.05, 4.69) is 20.3 Å². The number of Topliss-reactive ketones (excluding diaryl/α,β-unsaturated/α-hetero) is 1. The van der Waals surface area contributed by atoms with Crippen molar-refractivity contribution in [2.24, 2.45) is 5.92 Å². The van der Waals surface area contributed by atoms with Crippen molar-refractivity contribution in [1.82, 2.24) is 19.9 Å². The van der Waals surface area contributed by atoms with Crippen molar-refractivity contribution in [3.05, 3.63) is 66.4 Å². The van der Waals surface area contributed by atoms with Crippen LogP contribution in [0.3, 0.4) is 0 Å². The van der Waals surface area contributed by atoms with Crippen LogP contribution in [0.5, 0.6) is 11.6 Å². The summed E-state index contributed by atoms with van der Waals surface area (Å²) in [5.41, 5.74) is 1.71. The van der Waals surface area contributed by atoms with Crippen LogP contribution in [-0.4, -0.2) is 63.8 Å². The van der Waals surface area contributed by atoms with Crippen LogP contribution in [0.4, 0.5) is 16.0 Å².